The van der Waals surface area contributed by atoms with Crippen molar-refractivity contribution in [2.24, 2.45) is 10.8 Å². The molecule has 0 heterocycles. The van der Waals surface area contributed by atoms with Gasteiger partial charge in [-0.2, -0.15) is 5.10 Å². The molecule has 21 heavy (non-hydrogen) atoms. The average Bonchev–Trinajstić information content (AvgIpc) is 2.42. The molecular formula is C14H20BrN3O2S. The molecule has 7 heteroatoms. The zero-order chi connectivity index (χ0) is 15.7. The number of rotatable bonds is 8. The van der Waals surface area contributed by atoms with Crippen LogP contribution in [-0.4, -0.2) is 24.5 Å². The number of hydrogen-bond acceptors (Lipinski definition) is 4. The van der Waals surface area contributed by atoms with Gasteiger partial charge in [0.05, 0.1) is 23.9 Å². The monoisotopic (exact) mass is 373 g/mol. The summed E-state index contributed by atoms with van der Waals surface area (Å²) in [5.41, 5.74) is 8.67. The maximum absolute atomic E-state index is 5.79. The molecule has 0 saturated heterocycles. The van der Waals surface area contributed by atoms with E-state index in [4.69, 9.17) is 15.2 Å². The molecule has 0 spiro atoms. The maximum Gasteiger partial charge on any atom is 0.184 e. The van der Waals surface area contributed by atoms with Crippen molar-refractivity contribution in [3.63, 3.8) is 0 Å². The fourth-order valence-electron chi connectivity index (χ4n) is 1.55. The summed E-state index contributed by atoms with van der Waals surface area (Å²) in [5.74, 6) is 1.39. The van der Waals surface area contributed by atoms with Crippen molar-refractivity contribution in [3.05, 3.63) is 22.2 Å². The molecule has 0 aliphatic heterocycles. The second-order valence-corrected chi connectivity index (χ2v) is 5.49. The molecule has 0 unspecified atom stereocenters. The number of nitrogens with zero attached hydrogens (tertiary/aromatic N) is 1. The van der Waals surface area contributed by atoms with Crippen molar-refractivity contribution in [1.29, 1.82) is 0 Å². The quantitative estimate of drug-likeness (QED) is 0.317. The van der Waals surface area contributed by atoms with Gasteiger partial charge in [0, 0.05) is 0 Å². The molecule has 0 amide bonds. The topological polar surface area (TPSA) is 68.9 Å². The molecule has 0 saturated carbocycles. The van der Waals surface area contributed by atoms with E-state index >= 15 is 0 Å². The van der Waals surface area contributed by atoms with Crippen LogP contribution in [0.5, 0.6) is 11.5 Å². The van der Waals surface area contributed by atoms with Crippen LogP contribution in [0, 0.1) is 0 Å². The highest BCUT2D eigenvalue weighted by molar-refractivity contribution is 9.10. The van der Waals surface area contributed by atoms with Gasteiger partial charge < -0.3 is 15.2 Å². The molecule has 0 aliphatic rings. The van der Waals surface area contributed by atoms with E-state index in [1.54, 1.807) is 6.21 Å². The van der Waals surface area contributed by atoms with Crippen LogP contribution in [0.1, 0.15) is 32.3 Å². The average molecular weight is 374 g/mol. The van der Waals surface area contributed by atoms with E-state index in [1.165, 1.54) is 0 Å². The first-order chi connectivity index (χ1) is 10.1. The first-order valence-corrected chi connectivity index (χ1v) is 7.96. The highest BCUT2D eigenvalue weighted by atomic mass is 79.9. The largest absolute Gasteiger partial charge is 0.490 e. The smallest absolute Gasteiger partial charge is 0.184 e. The third-order valence-electron chi connectivity index (χ3n) is 2.46. The van der Waals surface area contributed by atoms with Crippen LogP contribution >= 0.6 is 28.1 Å². The van der Waals surface area contributed by atoms with Gasteiger partial charge in [-0.05, 0) is 59.2 Å². The molecule has 1 rings (SSSR count). The van der Waals surface area contributed by atoms with Gasteiger partial charge in [0.25, 0.3) is 0 Å². The Morgan fingerprint density at radius 3 is 2.81 bits per heavy atom. The SMILES string of the molecule is CCCCOc1c(Br)cc(C=NNC(N)=S)cc1OCC. The molecule has 0 aliphatic carbocycles. The number of halogens is 1. The summed E-state index contributed by atoms with van der Waals surface area (Å²) in [6.07, 6.45) is 3.69. The summed E-state index contributed by atoms with van der Waals surface area (Å²) < 4.78 is 12.2. The van der Waals surface area contributed by atoms with Crippen LogP contribution in [0.3, 0.4) is 0 Å². The van der Waals surface area contributed by atoms with Crippen molar-refractivity contribution >= 4 is 39.5 Å². The number of ether oxygens (including phenoxy) is 2. The minimum atomic E-state index is 0.120. The Balaban J connectivity index is 2.94. The Hall–Kier alpha value is -1.34. The Kier molecular flexibility index (Phi) is 8.07. The first-order valence-electron chi connectivity index (χ1n) is 6.76. The Labute approximate surface area is 139 Å². The lowest BCUT2D eigenvalue weighted by Crippen LogP contribution is -2.23. The first kappa shape index (κ1) is 17.7. The van der Waals surface area contributed by atoms with Crippen LogP contribution < -0.4 is 20.6 Å². The molecule has 0 aromatic heterocycles. The van der Waals surface area contributed by atoms with Crippen molar-refractivity contribution in [2.45, 2.75) is 26.7 Å². The lowest BCUT2D eigenvalue weighted by atomic mass is 10.2. The second-order valence-electron chi connectivity index (χ2n) is 4.20. The highest BCUT2D eigenvalue weighted by Crippen LogP contribution is 2.36. The summed E-state index contributed by atoms with van der Waals surface area (Å²) in [7, 11) is 0. The van der Waals surface area contributed by atoms with E-state index in [0.717, 1.165) is 22.9 Å². The van der Waals surface area contributed by atoms with Gasteiger partial charge in [-0.15, -0.1) is 0 Å². The lowest BCUT2D eigenvalue weighted by Gasteiger charge is -2.14. The molecular weight excluding hydrogens is 354 g/mol. The number of unbranched alkanes of at least 4 members (excludes halogenated alkanes) is 1. The molecule has 0 bridgehead atoms. The summed E-state index contributed by atoms with van der Waals surface area (Å²) in [6.45, 7) is 5.27. The molecule has 0 fully saturated rings. The molecule has 1 aromatic rings. The number of benzene rings is 1. The maximum atomic E-state index is 5.79. The standard InChI is InChI=1S/C14H20BrN3O2S/c1-3-5-6-20-13-11(15)7-10(8-12(13)19-4-2)9-17-18-14(16)21/h7-9H,3-6H2,1-2H3,(H3,16,18,21). The lowest BCUT2D eigenvalue weighted by molar-refractivity contribution is 0.271. The van der Waals surface area contributed by atoms with Crippen molar-refractivity contribution in [1.82, 2.24) is 5.43 Å². The van der Waals surface area contributed by atoms with Gasteiger partial charge >= 0.3 is 0 Å². The van der Waals surface area contributed by atoms with Crippen LogP contribution in [0.15, 0.2) is 21.7 Å². The molecule has 0 atom stereocenters. The van der Waals surface area contributed by atoms with Gasteiger partial charge in [0.1, 0.15) is 0 Å². The predicted octanol–water partition coefficient (Wildman–Crippen LogP) is 3.19. The van der Waals surface area contributed by atoms with E-state index in [-0.39, 0.29) is 5.11 Å². The normalized spacial score (nSPS) is 10.6. The molecule has 116 valence electrons. The van der Waals surface area contributed by atoms with Crippen LogP contribution in [0.2, 0.25) is 0 Å². The van der Waals surface area contributed by atoms with Crippen LogP contribution in [0.25, 0.3) is 0 Å². The number of thiocarbonyl (C=S) groups is 1. The Morgan fingerprint density at radius 1 is 1.43 bits per heavy atom. The fourth-order valence-corrected chi connectivity index (χ4v) is 2.18. The second kappa shape index (κ2) is 9.57. The minimum Gasteiger partial charge on any atom is -0.490 e. The third-order valence-corrected chi connectivity index (χ3v) is 3.14. The minimum absolute atomic E-state index is 0.120. The summed E-state index contributed by atoms with van der Waals surface area (Å²) >= 11 is 8.19. The fraction of sp³-hybridized carbons (Fsp3) is 0.429. The Morgan fingerprint density at radius 2 is 2.19 bits per heavy atom. The molecule has 0 radical (unpaired) electrons. The van der Waals surface area contributed by atoms with E-state index in [0.29, 0.717) is 24.7 Å². The van der Waals surface area contributed by atoms with E-state index in [2.05, 4.69) is 45.6 Å². The summed E-state index contributed by atoms with van der Waals surface area (Å²) in [4.78, 5) is 0. The van der Waals surface area contributed by atoms with Crippen LogP contribution in [-0.2, 0) is 0 Å². The van der Waals surface area contributed by atoms with Gasteiger partial charge in [0.2, 0.25) is 0 Å². The summed E-state index contributed by atoms with van der Waals surface area (Å²) in [6, 6.07) is 3.76. The predicted molar refractivity (Wildman–Crippen MR) is 93.2 cm³/mol. The van der Waals surface area contributed by atoms with Crippen LogP contribution in [0.4, 0.5) is 0 Å². The van der Waals surface area contributed by atoms with Crippen molar-refractivity contribution in [3.8, 4) is 11.5 Å². The highest BCUT2D eigenvalue weighted by Gasteiger charge is 2.11. The number of hydrogen-bond donors (Lipinski definition) is 2. The van der Waals surface area contributed by atoms with E-state index < -0.39 is 0 Å². The van der Waals surface area contributed by atoms with E-state index in [1.807, 2.05) is 19.1 Å². The molecule has 1 aromatic carbocycles. The number of hydrazone groups is 1. The van der Waals surface area contributed by atoms with Gasteiger partial charge in [-0.25, -0.2) is 0 Å². The van der Waals surface area contributed by atoms with Crippen molar-refractivity contribution in [2.75, 3.05) is 13.2 Å². The van der Waals surface area contributed by atoms with Gasteiger partial charge in [-0.3, -0.25) is 5.43 Å². The molecule has 5 nitrogen and oxygen atoms in total. The van der Waals surface area contributed by atoms with Crippen molar-refractivity contribution < 1.29 is 9.47 Å². The molecule has 3 N–H and O–H groups in total. The van der Waals surface area contributed by atoms with Gasteiger partial charge in [-0.1, -0.05) is 13.3 Å². The van der Waals surface area contributed by atoms with Gasteiger partial charge in [0.15, 0.2) is 16.6 Å². The summed E-state index contributed by atoms with van der Waals surface area (Å²) in [5, 5.41) is 4.05. The number of nitrogens with two attached hydrogens (primary N) is 1. The third kappa shape index (κ3) is 6.31. The van der Waals surface area contributed by atoms with E-state index in [9.17, 15) is 0 Å². The number of nitrogens with one attached hydrogen (secondary N) is 1. The Bertz CT molecular complexity index is 509. The zero-order valence-corrected chi connectivity index (χ0v) is 14.6. The zero-order valence-electron chi connectivity index (χ0n) is 12.2.